The molecule has 2 rings (SSSR count). The number of rotatable bonds is 5. The number of likely N-dealkylation sites (tertiary alicyclic amines) is 1. The summed E-state index contributed by atoms with van der Waals surface area (Å²) in [4.78, 5) is 2.21. The standard InChI is InChI=1S/C12H22N4O3S/c1-9-11(8-17)12(15-14-9)20(18,19)13-6-10-4-3-5-16(2)7-10/h10,13,17H,3-8H2,1-2H3,(H,14,15). The fraction of sp³-hybridized carbons (Fsp3) is 0.750. The van der Waals surface area contributed by atoms with Crippen molar-refractivity contribution in [3.05, 3.63) is 11.3 Å². The van der Waals surface area contributed by atoms with E-state index in [0.717, 1.165) is 25.9 Å². The van der Waals surface area contributed by atoms with Crippen LogP contribution in [0.2, 0.25) is 0 Å². The van der Waals surface area contributed by atoms with Crippen LogP contribution in [0, 0.1) is 12.8 Å². The molecule has 1 aliphatic heterocycles. The summed E-state index contributed by atoms with van der Waals surface area (Å²) in [6.45, 7) is 3.72. The molecule has 3 N–H and O–H groups in total. The Hall–Kier alpha value is -0.960. The number of aliphatic hydroxyl groups is 1. The van der Waals surface area contributed by atoms with Crippen molar-refractivity contribution in [3.8, 4) is 0 Å². The van der Waals surface area contributed by atoms with Gasteiger partial charge in [-0.3, -0.25) is 5.10 Å². The topological polar surface area (TPSA) is 98.3 Å². The highest BCUT2D eigenvalue weighted by Crippen LogP contribution is 2.18. The smallest absolute Gasteiger partial charge is 0.260 e. The van der Waals surface area contributed by atoms with Crippen LogP contribution in [-0.2, 0) is 16.6 Å². The van der Waals surface area contributed by atoms with Crippen LogP contribution in [-0.4, -0.2) is 55.3 Å². The molecule has 1 unspecified atom stereocenters. The highest BCUT2D eigenvalue weighted by molar-refractivity contribution is 7.89. The average molecular weight is 302 g/mol. The van der Waals surface area contributed by atoms with E-state index in [9.17, 15) is 13.5 Å². The van der Waals surface area contributed by atoms with Gasteiger partial charge in [-0.25, -0.2) is 13.1 Å². The van der Waals surface area contributed by atoms with E-state index in [-0.39, 0.29) is 11.6 Å². The van der Waals surface area contributed by atoms with Gasteiger partial charge in [0.1, 0.15) is 0 Å². The lowest BCUT2D eigenvalue weighted by Gasteiger charge is -2.29. The molecule has 7 nitrogen and oxygen atoms in total. The number of nitrogens with zero attached hydrogens (tertiary/aromatic N) is 2. The molecular formula is C12H22N4O3S. The van der Waals surface area contributed by atoms with E-state index < -0.39 is 10.0 Å². The van der Waals surface area contributed by atoms with Crippen LogP contribution in [0.5, 0.6) is 0 Å². The molecule has 1 atom stereocenters. The van der Waals surface area contributed by atoms with Gasteiger partial charge in [-0.1, -0.05) is 0 Å². The number of hydrogen-bond donors (Lipinski definition) is 3. The van der Waals surface area contributed by atoms with E-state index in [4.69, 9.17) is 0 Å². The Kier molecular flexibility index (Phi) is 4.79. The Morgan fingerprint density at radius 3 is 2.95 bits per heavy atom. The maximum absolute atomic E-state index is 12.2. The summed E-state index contributed by atoms with van der Waals surface area (Å²) in [5.41, 5.74) is 0.906. The fourth-order valence-corrected chi connectivity index (χ4v) is 3.87. The van der Waals surface area contributed by atoms with Gasteiger partial charge in [0.05, 0.1) is 6.61 Å². The van der Waals surface area contributed by atoms with Gasteiger partial charge in [-0.2, -0.15) is 5.10 Å². The van der Waals surface area contributed by atoms with Crippen molar-refractivity contribution in [1.82, 2.24) is 19.8 Å². The van der Waals surface area contributed by atoms with Crippen molar-refractivity contribution < 1.29 is 13.5 Å². The minimum atomic E-state index is -3.67. The summed E-state index contributed by atoms with van der Waals surface area (Å²) in [7, 11) is -1.63. The maximum Gasteiger partial charge on any atom is 0.260 e. The molecule has 1 saturated heterocycles. The second kappa shape index (κ2) is 6.21. The van der Waals surface area contributed by atoms with Gasteiger partial charge in [0.2, 0.25) is 0 Å². The molecule has 0 saturated carbocycles. The minimum Gasteiger partial charge on any atom is -0.392 e. The van der Waals surface area contributed by atoms with E-state index >= 15 is 0 Å². The number of aromatic amines is 1. The van der Waals surface area contributed by atoms with Gasteiger partial charge in [0.25, 0.3) is 10.0 Å². The highest BCUT2D eigenvalue weighted by Gasteiger charge is 2.25. The van der Waals surface area contributed by atoms with Crippen LogP contribution in [0.25, 0.3) is 0 Å². The number of sulfonamides is 1. The summed E-state index contributed by atoms with van der Waals surface area (Å²) in [5.74, 6) is 0.321. The number of aryl methyl sites for hydroxylation is 1. The monoisotopic (exact) mass is 302 g/mol. The summed E-state index contributed by atoms with van der Waals surface area (Å²) < 4.78 is 27.1. The average Bonchev–Trinajstić information content (AvgIpc) is 2.78. The molecular weight excluding hydrogens is 280 g/mol. The third-order valence-electron chi connectivity index (χ3n) is 3.73. The Bertz CT molecular complexity index is 555. The lowest BCUT2D eigenvalue weighted by molar-refractivity contribution is 0.211. The first-order valence-corrected chi connectivity index (χ1v) is 8.25. The third kappa shape index (κ3) is 3.38. The maximum atomic E-state index is 12.2. The molecule has 0 aromatic carbocycles. The zero-order valence-corrected chi connectivity index (χ0v) is 12.7. The molecule has 0 aliphatic carbocycles. The Morgan fingerprint density at radius 2 is 2.30 bits per heavy atom. The van der Waals surface area contributed by atoms with Crippen LogP contribution < -0.4 is 4.72 Å². The lowest BCUT2D eigenvalue weighted by Crippen LogP contribution is -2.39. The summed E-state index contributed by atoms with van der Waals surface area (Å²) >= 11 is 0. The number of piperidine rings is 1. The molecule has 20 heavy (non-hydrogen) atoms. The van der Waals surface area contributed by atoms with E-state index in [1.165, 1.54) is 0 Å². The Labute approximate surface area is 119 Å². The zero-order valence-electron chi connectivity index (χ0n) is 11.9. The Balaban J connectivity index is 2.04. The normalized spacial score (nSPS) is 21.2. The van der Waals surface area contributed by atoms with E-state index in [1.54, 1.807) is 6.92 Å². The number of nitrogens with one attached hydrogen (secondary N) is 2. The van der Waals surface area contributed by atoms with Gasteiger partial charge in [0, 0.05) is 24.3 Å². The van der Waals surface area contributed by atoms with Gasteiger partial charge in [-0.15, -0.1) is 0 Å². The van der Waals surface area contributed by atoms with Gasteiger partial charge in [-0.05, 0) is 39.3 Å². The molecule has 1 fully saturated rings. The van der Waals surface area contributed by atoms with Crippen LogP contribution in [0.4, 0.5) is 0 Å². The summed E-state index contributed by atoms with van der Waals surface area (Å²) in [6, 6.07) is 0. The molecule has 1 aromatic heterocycles. The van der Waals surface area contributed by atoms with Crippen LogP contribution >= 0.6 is 0 Å². The molecule has 0 radical (unpaired) electrons. The number of H-pyrrole nitrogens is 1. The third-order valence-corrected chi connectivity index (χ3v) is 5.13. The largest absolute Gasteiger partial charge is 0.392 e. The number of aromatic nitrogens is 2. The fourth-order valence-electron chi connectivity index (χ4n) is 2.57. The van der Waals surface area contributed by atoms with Crippen molar-refractivity contribution in [2.45, 2.75) is 31.4 Å². The van der Waals surface area contributed by atoms with Gasteiger partial charge < -0.3 is 10.0 Å². The number of hydrogen-bond acceptors (Lipinski definition) is 5. The van der Waals surface area contributed by atoms with E-state index in [1.807, 2.05) is 7.05 Å². The predicted octanol–water partition coefficient (Wildman–Crippen LogP) is -0.169. The first-order chi connectivity index (χ1) is 9.44. The molecule has 8 heteroatoms. The second-order valence-electron chi connectivity index (χ2n) is 5.41. The summed E-state index contributed by atoms with van der Waals surface area (Å²) in [5, 5.41) is 15.5. The SMILES string of the molecule is Cc1[nH]nc(S(=O)(=O)NCC2CCCN(C)C2)c1CO. The number of aliphatic hydroxyl groups excluding tert-OH is 1. The predicted molar refractivity (Wildman–Crippen MR) is 74.7 cm³/mol. The molecule has 2 heterocycles. The molecule has 1 aliphatic rings. The molecule has 114 valence electrons. The molecule has 0 amide bonds. The van der Waals surface area contributed by atoms with Crippen molar-refractivity contribution in [2.24, 2.45) is 5.92 Å². The van der Waals surface area contributed by atoms with Crippen molar-refractivity contribution in [1.29, 1.82) is 0 Å². The van der Waals surface area contributed by atoms with Crippen molar-refractivity contribution in [3.63, 3.8) is 0 Å². The zero-order chi connectivity index (χ0) is 14.8. The second-order valence-corrected chi connectivity index (χ2v) is 7.10. The van der Waals surface area contributed by atoms with Crippen molar-refractivity contribution >= 4 is 10.0 Å². The molecule has 1 aromatic rings. The quantitative estimate of drug-likeness (QED) is 0.701. The van der Waals surface area contributed by atoms with E-state index in [0.29, 0.717) is 23.7 Å². The van der Waals surface area contributed by atoms with E-state index in [2.05, 4.69) is 19.8 Å². The molecule has 0 spiro atoms. The Morgan fingerprint density at radius 1 is 1.55 bits per heavy atom. The minimum absolute atomic E-state index is 0.0957. The van der Waals surface area contributed by atoms with Crippen LogP contribution in [0.3, 0.4) is 0 Å². The van der Waals surface area contributed by atoms with Crippen LogP contribution in [0.1, 0.15) is 24.1 Å². The first-order valence-electron chi connectivity index (χ1n) is 6.77. The van der Waals surface area contributed by atoms with Gasteiger partial charge >= 0.3 is 0 Å². The van der Waals surface area contributed by atoms with Gasteiger partial charge in [0.15, 0.2) is 5.03 Å². The van der Waals surface area contributed by atoms with Crippen LogP contribution in [0.15, 0.2) is 5.03 Å². The van der Waals surface area contributed by atoms with Crippen molar-refractivity contribution in [2.75, 3.05) is 26.7 Å². The molecule has 0 bridgehead atoms. The lowest BCUT2D eigenvalue weighted by atomic mass is 9.99. The highest BCUT2D eigenvalue weighted by atomic mass is 32.2. The summed E-state index contributed by atoms with van der Waals surface area (Å²) in [6.07, 6.45) is 2.12. The first kappa shape index (κ1) is 15.4.